The van der Waals surface area contributed by atoms with E-state index in [2.05, 4.69) is 10.6 Å². The lowest BCUT2D eigenvalue weighted by atomic mass is 9.75. The Morgan fingerprint density at radius 3 is 1.30 bits per heavy atom. The number of rotatable bonds is 8. The number of aliphatic carboxylic acids is 2. The van der Waals surface area contributed by atoms with E-state index in [1.807, 2.05) is 74.5 Å². The topological polar surface area (TPSA) is 98.7 Å². The molecule has 6 heteroatoms. The maximum absolute atomic E-state index is 12.4. The molecule has 156 valence electrons. The van der Waals surface area contributed by atoms with Crippen molar-refractivity contribution in [1.82, 2.24) is 0 Å². The average molecular weight is 406 g/mol. The van der Waals surface area contributed by atoms with E-state index in [9.17, 15) is 19.8 Å². The Balaban J connectivity index is 2.18. The molecule has 2 unspecified atom stereocenters. The summed E-state index contributed by atoms with van der Waals surface area (Å²) >= 11 is 0. The van der Waals surface area contributed by atoms with Crippen molar-refractivity contribution < 1.29 is 19.8 Å². The van der Waals surface area contributed by atoms with Gasteiger partial charge < -0.3 is 20.8 Å². The van der Waals surface area contributed by atoms with E-state index in [0.29, 0.717) is 24.2 Å². The van der Waals surface area contributed by atoms with Crippen molar-refractivity contribution in [1.29, 1.82) is 0 Å². The Kier molecular flexibility index (Phi) is 6.57. The second-order valence-corrected chi connectivity index (χ2v) is 7.17. The zero-order valence-electron chi connectivity index (χ0n) is 17.1. The number of benzene rings is 2. The molecular weight excluding hydrogens is 380 g/mol. The number of para-hydroxylation sites is 2. The van der Waals surface area contributed by atoms with Gasteiger partial charge in [-0.25, -0.2) is 9.59 Å². The normalized spacial score (nSPS) is 18.9. The second-order valence-electron chi connectivity index (χ2n) is 7.17. The smallest absolute Gasteiger partial charge is 0.334 e. The Labute approximate surface area is 175 Å². The molecule has 0 aromatic heterocycles. The van der Waals surface area contributed by atoms with Gasteiger partial charge in [-0.2, -0.15) is 0 Å². The summed E-state index contributed by atoms with van der Waals surface area (Å²) in [5.41, 5.74) is 2.75. The van der Waals surface area contributed by atoms with Crippen molar-refractivity contribution >= 4 is 23.3 Å². The van der Waals surface area contributed by atoms with Gasteiger partial charge in [-0.05, 0) is 37.1 Å². The molecule has 6 nitrogen and oxygen atoms in total. The van der Waals surface area contributed by atoms with Crippen LogP contribution in [0.15, 0.2) is 83.2 Å². The summed E-state index contributed by atoms with van der Waals surface area (Å²) in [6.07, 6.45) is 0.897. The number of nitrogens with one attached hydrogen (secondary N) is 2. The van der Waals surface area contributed by atoms with Crippen LogP contribution in [0.2, 0.25) is 0 Å². The average Bonchev–Trinajstić information content (AvgIpc) is 2.74. The number of hydrogen-bond acceptors (Lipinski definition) is 4. The third kappa shape index (κ3) is 4.22. The predicted molar refractivity (Wildman–Crippen MR) is 117 cm³/mol. The van der Waals surface area contributed by atoms with E-state index in [-0.39, 0.29) is 11.1 Å². The van der Waals surface area contributed by atoms with Crippen molar-refractivity contribution in [3.05, 3.63) is 83.2 Å². The van der Waals surface area contributed by atoms with Crippen LogP contribution in [0.4, 0.5) is 11.4 Å². The maximum Gasteiger partial charge on any atom is 0.334 e. The molecule has 1 aliphatic carbocycles. The van der Waals surface area contributed by atoms with Crippen LogP contribution in [-0.4, -0.2) is 22.2 Å². The van der Waals surface area contributed by atoms with Crippen LogP contribution in [0.1, 0.15) is 26.7 Å². The zero-order valence-corrected chi connectivity index (χ0v) is 17.1. The molecule has 2 aromatic carbocycles. The molecule has 0 amide bonds. The van der Waals surface area contributed by atoms with E-state index < -0.39 is 23.8 Å². The fraction of sp³-hybridized carbons (Fsp3) is 0.250. The van der Waals surface area contributed by atoms with Gasteiger partial charge in [0.25, 0.3) is 0 Å². The molecule has 0 saturated carbocycles. The minimum atomic E-state index is -1.05. The Morgan fingerprint density at radius 2 is 1.03 bits per heavy atom. The molecule has 30 heavy (non-hydrogen) atoms. The van der Waals surface area contributed by atoms with Gasteiger partial charge in [0.15, 0.2) is 0 Å². The molecule has 2 atom stereocenters. The number of carbonyl (C=O) groups is 2. The lowest BCUT2D eigenvalue weighted by molar-refractivity contribution is -0.135. The Bertz CT molecular complexity index is 899. The number of carboxylic acids is 2. The van der Waals surface area contributed by atoms with E-state index in [0.717, 1.165) is 11.4 Å². The van der Waals surface area contributed by atoms with Gasteiger partial charge in [0.05, 0.1) is 11.1 Å². The molecule has 3 rings (SSSR count). The van der Waals surface area contributed by atoms with Crippen molar-refractivity contribution in [2.75, 3.05) is 10.6 Å². The van der Waals surface area contributed by atoms with Crippen LogP contribution in [0, 0.1) is 11.8 Å². The van der Waals surface area contributed by atoms with E-state index in [4.69, 9.17) is 0 Å². The van der Waals surface area contributed by atoms with Crippen LogP contribution >= 0.6 is 0 Å². The minimum absolute atomic E-state index is 0.205. The molecule has 0 fully saturated rings. The SMILES string of the molecule is CCC1C(Nc2ccccc2)=C(C(=O)O)C(CC)C(Nc2ccccc2)=C1C(=O)O. The number of allylic oxidation sites excluding steroid dienone is 2. The van der Waals surface area contributed by atoms with Gasteiger partial charge in [0.1, 0.15) is 0 Å². The summed E-state index contributed by atoms with van der Waals surface area (Å²) in [4.78, 5) is 24.7. The van der Waals surface area contributed by atoms with Crippen molar-refractivity contribution in [2.45, 2.75) is 26.7 Å². The highest BCUT2D eigenvalue weighted by Crippen LogP contribution is 2.42. The lowest BCUT2D eigenvalue weighted by Crippen LogP contribution is -2.35. The molecule has 0 aliphatic heterocycles. The summed E-state index contributed by atoms with van der Waals surface area (Å²) < 4.78 is 0. The fourth-order valence-electron chi connectivity index (χ4n) is 4.05. The predicted octanol–water partition coefficient (Wildman–Crippen LogP) is 4.95. The molecule has 0 radical (unpaired) electrons. The van der Waals surface area contributed by atoms with Gasteiger partial charge in [-0.1, -0.05) is 50.2 Å². The van der Waals surface area contributed by atoms with Crippen LogP contribution in [0.25, 0.3) is 0 Å². The van der Waals surface area contributed by atoms with Gasteiger partial charge in [0, 0.05) is 34.6 Å². The van der Waals surface area contributed by atoms with Crippen LogP contribution in [-0.2, 0) is 9.59 Å². The van der Waals surface area contributed by atoms with E-state index in [1.54, 1.807) is 0 Å². The highest BCUT2D eigenvalue weighted by atomic mass is 16.4. The highest BCUT2D eigenvalue weighted by Gasteiger charge is 2.41. The summed E-state index contributed by atoms with van der Waals surface area (Å²) in [6, 6.07) is 18.5. The minimum Gasteiger partial charge on any atom is -0.478 e. The molecular formula is C24H26N2O4. The summed E-state index contributed by atoms with van der Waals surface area (Å²) in [5.74, 6) is -3.25. The van der Waals surface area contributed by atoms with Crippen LogP contribution in [0.5, 0.6) is 0 Å². The summed E-state index contributed by atoms with van der Waals surface area (Å²) in [6.45, 7) is 3.73. The van der Waals surface area contributed by atoms with Crippen LogP contribution < -0.4 is 10.6 Å². The van der Waals surface area contributed by atoms with Crippen molar-refractivity contribution in [3.8, 4) is 0 Å². The van der Waals surface area contributed by atoms with Gasteiger partial charge in [-0.3, -0.25) is 0 Å². The molecule has 0 bridgehead atoms. The third-order valence-electron chi connectivity index (χ3n) is 5.36. The van der Waals surface area contributed by atoms with Gasteiger partial charge in [-0.15, -0.1) is 0 Å². The molecule has 0 saturated heterocycles. The Morgan fingerprint density at radius 1 is 0.700 bits per heavy atom. The first-order valence-corrected chi connectivity index (χ1v) is 10.1. The fourth-order valence-corrected chi connectivity index (χ4v) is 4.05. The Hall–Kier alpha value is -3.54. The maximum atomic E-state index is 12.4. The highest BCUT2D eigenvalue weighted by molar-refractivity contribution is 5.96. The lowest BCUT2D eigenvalue weighted by Gasteiger charge is -2.35. The van der Waals surface area contributed by atoms with Gasteiger partial charge >= 0.3 is 11.9 Å². The molecule has 0 heterocycles. The van der Waals surface area contributed by atoms with E-state index in [1.165, 1.54) is 0 Å². The quantitative estimate of drug-likeness (QED) is 0.495. The third-order valence-corrected chi connectivity index (χ3v) is 5.36. The first-order valence-electron chi connectivity index (χ1n) is 10.1. The second kappa shape index (κ2) is 9.31. The first-order chi connectivity index (χ1) is 14.5. The molecule has 1 aliphatic rings. The summed E-state index contributed by atoms with van der Waals surface area (Å²) in [7, 11) is 0. The van der Waals surface area contributed by atoms with Crippen LogP contribution in [0.3, 0.4) is 0 Å². The van der Waals surface area contributed by atoms with E-state index >= 15 is 0 Å². The van der Waals surface area contributed by atoms with Gasteiger partial charge in [0.2, 0.25) is 0 Å². The molecule has 2 aromatic rings. The monoisotopic (exact) mass is 406 g/mol. The first kappa shape index (κ1) is 21.2. The zero-order chi connectivity index (χ0) is 21.7. The standard InChI is InChI=1S/C24H26N2O4/c1-3-17-19(23(27)28)22(26-16-13-9-6-10-14-16)18(4-2)20(24(29)30)21(17)25-15-11-7-5-8-12-15/h5-14,17-18,25-26H,3-4H2,1-2H3,(H,27,28)(H,29,30). The van der Waals surface area contributed by atoms with Crippen molar-refractivity contribution in [2.24, 2.45) is 11.8 Å². The largest absolute Gasteiger partial charge is 0.478 e. The molecule has 4 N–H and O–H groups in total. The molecule has 0 spiro atoms. The van der Waals surface area contributed by atoms with Crippen molar-refractivity contribution in [3.63, 3.8) is 0 Å². The number of hydrogen-bond donors (Lipinski definition) is 4. The summed E-state index contributed by atoms with van der Waals surface area (Å²) in [5, 5.41) is 26.7. The number of anilines is 2. The number of carboxylic acid groups (broad SMARTS) is 2.